The van der Waals surface area contributed by atoms with Crippen molar-refractivity contribution in [2.45, 2.75) is 29.6 Å². The molecular formula is C12H11ClFNOS2. The van der Waals surface area contributed by atoms with E-state index in [-0.39, 0.29) is 11.1 Å². The molecule has 18 heavy (non-hydrogen) atoms. The highest BCUT2D eigenvalue weighted by Gasteiger charge is 2.18. The fraction of sp³-hybridized carbons (Fsp3) is 0.417. The standard InChI is InChI=1S/C12H11ClFNOS2/c13-8-5-9(14)10(15-7-17)6-11(8)18-12-3-1-2-4-16-12/h5-6,12H,1-4H2. The normalized spacial score (nSPS) is 19.3. The molecular weight excluding hydrogens is 293 g/mol. The Balaban J connectivity index is 2.20. The van der Waals surface area contributed by atoms with Gasteiger partial charge in [-0.25, -0.2) is 4.39 Å². The Kier molecular flexibility index (Phi) is 5.15. The van der Waals surface area contributed by atoms with Gasteiger partial charge in [-0.15, -0.1) is 0 Å². The average Bonchev–Trinajstić information content (AvgIpc) is 2.37. The maximum atomic E-state index is 13.5. The molecule has 0 N–H and O–H groups in total. The van der Waals surface area contributed by atoms with Gasteiger partial charge in [-0.2, -0.15) is 4.99 Å². The second kappa shape index (κ2) is 6.64. The van der Waals surface area contributed by atoms with Crippen LogP contribution in [0, 0.1) is 5.82 Å². The minimum Gasteiger partial charge on any atom is -0.367 e. The lowest BCUT2D eigenvalue weighted by Gasteiger charge is -2.22. The number of hydrogen-bond acceptors (Lipinski definition) is 4. The average molecular weight is 304 g/mol. The number of thiocarbonyl (C=S) groups is 1. The molecule has 1 unspecified atom stereocenters. The zero-order chi connectivity index (χ0) is 13.0. The van der Waals surface area contributed by atoms with Crippen LogP contribution in [-0.4, -0.2) is 17.2 Å². The molecule has 0 bridgehead atoms. The summed E-state index contributed by atoms with van der Waals surface area (Å²) in [5.41, 5.74) is 0.235. The summed E-state index contributed by atoms with van der Waals surface area (Å²) < 4.78 is 19.1. The predicted octanol–water partition coefficient (Wildman–Crippen LogP) is 4.83. The summed E-state index contributed by atoms with van der Waals surface area (Å²) in [5.74, 6) is -0.494. The van der Waals surface area contributed by atoms with Gasteiger partial charge in [0.05, 0.1) is 10.2 Å². The zero-order valence-electron chi connectivity index (χ0n) is 9.49. The molecule has 0 aliphatic carbocycles. The van der Waals surface area contributed by atoms with Crippen molar-refractivity contribution in [2.24, 2.45) is 4.99 Å². The summed E-state index contributed by atoms with van der Waals surface area (Å²) >= 11 is 12.0. The van der Waals surface area contributed by atoms with Gasteiger partial charge in [0.15, 0.2) is 5.82 Å². The van der Waals surface area contributed by atoms with Crippen LogP contribution in [-0.2, 0) is 4.74 Å². The summed E-state index contributed by atoms with van der Waals surface area (Å²) in [4.78, 5) is 4.44. The van der Waals surface area contributed by atoms with Crippen molar-refractivity contribution < 1.29 is 9.13 Å². The Bertz CT molecular complexity index is 485. The Morgan fingerprint density at radius 2 is 2.33 bits per heavy atom. The van der Waals surface area contributed by atoms with E-state index in [1.54, 1.807) is 6.07 Å². The molecule has 0 amide bonds. The minimum absolute atomic E-state index is 0.0750. The lowest BCUT2D eigenvalue weighted by Crippen LogP contribution is -2.15. The molecule has 1 aromatic carbocycles. The number of aliphatic imine (C=N–C) groups is 1. The molecule has 2 rings (SSSR count). The van der Waals surface area contributed by atoms with Crippen molar-refractivity contribution in [3.8, 4) is 0 Å². The second-order valence-corrected chi connectivity index (χ2v) is 5.64. The van der Waals surface area contributed by atoms with Gasteiger partial charge in [0.1, 0.15) is 11.1 Å². The third kappa shape index (κ3) is 3.53. The molecule has 0 aromatic heterocycles. The summed E-state index contributed by atoms with van der Waals surface area (Å²) in [7, 11) is 0. The number of hydrogen-bond donors (Lipinski definition) is 0. The Morgan fingerprint density at radius 1 is 1.50 bits per heavy atom. The van der Waals surface area contributed by atoms with Gasteiger partial charge in [0.25, 0.3) is 0 Å². The van der Waals surface area contributed by atoms with E-state index in [0.29, 0.717) is 5.02 Å². The minimum atomic E-state index is -0.494. The first-order chi connectivity index (χ1) is 8.70. The van der Waals surface area contributed by atoms with Crippen LogP contribution in [0.3, 0.4) is 0 Å². The Hall–Kier alpha value is -0.450. The first kappa shape index (κ1) is 14.0. The third-order valence-electron chi connectivity index (χ3n) is 2.56. The highest BCUT2D eigenvalue weighted by Crippen LogP contribution is 2.37. The first-order valence-electron chi connectivity index (χ1n) is 5.56. The molecule has 1 heterocycles. The van der Waals surface area contributed by atoms with Crippen LogP contribution in [0.2, 0.25) is 5.02 Å². The molecule has 0 radical (unpaired) electrons. The topological polar surface area (TPSA) is 21.6 Å². The van der Waals surface area contributed by atoms with Crippen LogP contribution in [0.1, 0.15) is 19.3 Å². The number of thioether (sulfide) groups is 1. The molecule has 6 heteroatoms. The van der Waals surface area contributed by atoms with E-state index in [9.17, 15) is 4.39 Å². The van der Waals surface area contributed by atoms with Gasteiger partial charge in [-0.1, -0.05) is 23.4 Å². The van der Waals surface area contributed by atoms with Crippen LogP contribution in [0.4, 0.5) is 10.1 Å². The van der Waals surface area contributed by atoms with Crippen molar-refractivity contribution >= 4 is 46.4 Å². The van der Waals surface area contributed by atoms with Gasteiger partial charge < -0.3 is 4.74 Å². The predicted molar refractivity (Wildman–Crippen MR) is 75.5 cm³/mol. The van der Waals surface area contributed by atoms with Crippen LogP contribution in [0.15, 0.2) is 22.0 Å². The van der Waals surface area contributed by atoms with Crippen LogP contribution >= 0.6 is 35.6 Å². The highest BCUT2D eigenvalue weighted by atomic mass is 35.5. The number of nitrogens with zero attached hydrogens (tertiary/aromatic N) is 1. The van der Waals surface area contributed by atoms with E-state index < -0.39 is 5.82 Å². The smallest absolute Gasteiger partial charge is 0.151 e. The van der Waals surface area contributed by atoms with Crippen molar-refractivity contribution in [3.63, 3.8) is 0 Å². The molecule has 1 aliphatic rings. The maximum absolute atomic E-state index is 13.5. The van der Waals surface area contributed by atoms with Crippen molar-refractivity contribution in [1.82, 2.24) is 0 Å². The molecule has 2 nitrogen and oxygen atoms in total. The lowest BCUT2D eigenvalue weighted by atomic mass is 10.2. The Labute approximate surface area is 120 Å². The van der Waals surface area contributed by atoms with Gasteiger partial charge in [0.2, 0.25) is 0 Å². The van der Waals surface area contributed by atoms with E-state index in [1.165, 1.54) is 17.8 Å². The summed E-state index contributed by atoms with van der Waals surface area (Å²) in [6.45, 7) is 0.765. The van der Waals surface area contributed by atoms with Crippen molar-refractivity contribution in [1.29, 1.82) is 0 Å². The molecule has 0 spiro atoms. The largest absolute Gasteiger partial charge is 0.367 e. The van der Waals surface area contributed by atoms with Gasteiger partial charge in [-0.3, -0.25) is 0 Å². The molecule has 1 fully saturated rings. The highest BCUT2D eigenvalue weighted by molar-refractivity contribution is 7.99. The monoisotopic (exact) mass is 303 g/mol. The fourth-order valence-electron chi connectivity index (χ4n) is 1.69. The van der Waals surface area contributed by atoms with Crippen LogP contribution < -0.4 is 0 Å². The zero-order valence-corrected chi connectivity index (χ0v) is 11.9. The van der Waals surface area contributed by atoms with Crippen molar-refractivity contribution in [2.75, 3.05) is 6.61 Å². The number of rotatable bonds is 3. The third-order valence-corrected chi connectivity index (χ3v) is 4.31. The van der Waals surface area contributed by atoms with Gasteiger partial charge in [0, 0.05) is 11.5 Å². The lowest BCUT2D eigenvalue weighted by molar-refractivity contribution is 0.0728. The number of benzene rings is 1. The number of ether oxygens (including phenoxy) is 1. The van der Waals surface area contributed by atoms with Crippen LogP contribution in [0.5, 0.6) is 0 Å². The summed E-state index contributed by atoms with van der Waals surface area (Å²) in [5, 5.41) is 2.53. The summed E-state index contributed by atoms with van der Waals surface area (Å²) in [6, 6.07) is 2.83. The van der Waals surface area contributed by atoms with Crippen molar-refractivity contribution in [3.05, 3.63) is 23.0 Å². The van der Waals surface area contributed by atoms with E-state index in [4.69, 9.17) is 16.3 Å². The number of halogens is 2. The summed E-state index contributed by atoms with van der Waals surface area (Å²) in [6.07, 6.45) is 3.21. The Morgan fingerprint density at radius 3 is 3.00 bits per heavy atom. The van der Waals surface area contributed by atoms with E-state index >= 15 is 0 Å². The first-order valence-corrected chi connectivity index (χ1v) is 7.22. The molecule has 1 saturated heterocycles. The van der Waals surface area contributed by atoms with E-state index in [2.05, 4.69) is 22.4 Å². The number of isothiocyanates is 1. The van der Waals surface area contributed by atoms with E-state index in [1.807, 2.05) is 0 Å². The molecule has 1 aromatic rings. The maximum Gasteiger partial charge on any atom is 0.151 e. The molecule has 96 valence electrons. The second-order valence-electron chi connectivity index (χ2n) is 3.85. The van der Waals surface area contributed by atoms with Gasteiger partial charge >= 0.3 is 0 Å². The van der Waals surface area contributed by atoms with E-state index in [0.717, 1.165) is 30.8 Å². The quantitative estimate of drug-likeness (QED) is 0.589. The molecule has 1 aliphatic heterocycles. The fourth-order valence-corrected chi connectivity index (χ4v) is 3.15. The van der Waals surface area contributed by atoms with Gasteiger partial charge in [-0.05, 0) is 43.6 Å². The molecule has 1 atom stereocenters. The SMILES string of the molecule is Fc1cc(Cl)c(SC2CCCCO2)cc1N=C=S. The molecule has 0 saturated carbocycles. The van der Waals surface area contributed by atoms with Crippen LogP contribution in [0.25, 0.3) is 0 Å².